The summed E-state index contributed by atoms with van der Waals surface area (Å²) < 4.78 is 28.9. The highest BCUT2D eigenvalue weighted by Crippen LogP contribution is 2.29. The van der Waals surface area contributed by atoms with E-state index < -0.39 is 10.2 Å². The first kappa shape index (κ1) is 14.6. The zero-order valence-corrected chi connectivity index (χ0v) is 13.4. The maximum atomic E-state index is 12.9. The van der Waals surface area contributed by atoms with Crippen molar-refractivity contribution in [3.63, 3.8) is 0 Å². The van der Waals surface area contributed by atoms with Crippen LogP contribution < -0.4 is 0 Å². The summed E-state index contributed by atoms with van der Waals surface area (Å²) in [5, 5.41) is 1.04. The van der Waals surface area contributed by atoms with Crippen molar-refractivity contribution in [2.24, 2.45) is 0 Å². The van der Waals surface area contributed by atoms with Crippen LogP contribution in [0.1, 0.15) is 44.6 Å². The number of para-hydroxylation sites is 1. The Morgan fingerprint density at radius 3 is 2.38 bits per heavy atom. The molecular weight excluding hydrogens is 284 g/mol. The van der Waals surface area contributed by atoms with E-state index in [9.17, 15) is 8.42 Å². The molecule has 114 valence electrons. The molecule has 1 aliphatic heterocycles. The van der Waals surface area contributed by atoms with E-state index in [0.717, 1.165) is 35.7 Å². The fraction of sp³-hybridized carbons (Fsp3) is 0.500. The van der Waals surface area contributed by atoms with E-state index in [0.29, 0.717) is 19.0 Å². The molecule has 2 aromatic rings. The van der Waals surface area contributed by atoms with Gasteiger partial charge in [-0.15, -0.1) is 0 Å². The lowest BCUT2D eigenvalue weighted by molar-refractivity contribution is 0.343. The monoisotopic (exact) mass is 306 g/mol. The van der Waals surface area contributed by atoms with Crippen LogP contribution in [0.2, 0.25) is 0 Å². The Kier molecular flexibility index (Phi) is 3.80. The molecule has 0 saturated carbocycles. The maximum Gasteiger partial charge on any atom is 0.307 e. The van der Waals surface area contributed by atoms with Crippen LogP contribution in [-0.2, 0) is 10.2 Å². The largest absolute Gasteiger partial charge is 0.307 e. The Labute approximate surface area is 126 Å². The minimum Gasteiger partial charge on any atom is -0.232 e. The molecule has 5 heteroatoms. The van der Waals surface area contributed by atoms with Crippen molar-refractivity contribution < 1.29 is 8.42 Å². The average Bonchev–Trinajstić information content (AvgIpc) is 2.88. The van der Waals surface area contributed by atoms with Crippen LogP contribution in [-0.4, -0.2) is 29.8 Å². The lowest BCUT2D eigenvalue weighted by Crippen LogP contribution is -2.38. The number of rotatable bonds is 3. The van der Waals surface area contributed by atoms with Gasteiger partial charge in [-0.1, -0.05) is 38.5 Å². The van der Waals surface area contributed by atoms with Gasteiger partial charge in [-0.3, -0.25) is 0 Å². The van der Waals surface area contributed by atoms with Gasteiger partial charge in [0.05, 0.1) is 5.52 Å². The maximum absolute atomic E-state index is 12.9. The molecule has 1 saturated heterocycles. The molecule has 0 atom stereocenters. The summed E-state index contributed by atoms with van der Waals surface area (Å²) in [5.74, 6) is 0.299. The minimum atomic E-state index is -3.45. The van der Waals surface area contributed by atoms with E-state index in [1.807, 2.05) is 24.3 Å². The summed E-state index contributed by atoms with van der Waals surface area (Å²) in [6.07, 6.45) is 4.83. The molecule has 0 unspecified atom stereocenters. The van der Waals surface area contributed by atoms with Crippen molar-refractivity contribution in [3.05, 3.63) is 36.0 Å². The van der Waals surface area contributed by atoms with Crippen molar-refractivity contribution in [3.8, 4) is 0 Å². The van der Waals surface area contributed by atoms with Crippen LogP contribution in [0.15, 0.2) is 30.5 Å². The average molecular weight is 306 g/mol. The van der Waals surface area contributed by atoms with Crippen LogP contribution in [0.25, 0.3) is 10.9 Å². The van der Waals surface area contributed by atoms with Crippen molar-refractivity contribution in [2.75, 3.05) is 13.1 Å². The Hall–Kier alpha value is -1.33. The first-order valence-corrected chi connectivity index (χ1v) is 9.02. The van der Waals surface area contributed by atoms with Crippen LogP contribution in [0, 0.1) is 0 Å². The first-order chi connectivity index (χ1) is 10.0. The third-order valence-electron chi connectivity index (χ3n) is 4.22. The lowest BCUT2D eigenvalue weighted by atomic mass is 10.0. The smallest absolute Gasteiger partial charge is 0.232 e. The summed E-state index contributed by atoms with van der Waals surface area (Å²) in [4.78, 5) is 0. The molecule has 2 heterocycles. The van der Waals surface area contributed by atoms with E-state index >= 15 is 0 Å². The third kappa shape index (κ3) is 2.49. The standard InChI is InChI=1S/C16H22N2O2S/c1-13(2)15-12-18(16-9-5-4-8-14(15)16)21(19,20)17-10-6-3-7-11-17/h4-5,8-9,12-13H,3,6-7,10-11H2,1-2H3. The van der Waals surface area contributed by atoms with Gasteiger partial charge in [0.25, 0.3) is 0 Å². The van der Waals surface area contributed by atoms with Gasteiger partial charge in [-0.25, -0.2) is 3.97 Å². The number of hydrogen-bond acceptors (Lipinski definition) is 2. The van der Waals surface area contributed by atoms with Crippen LogP contribution in [0.3, 0.4) is 0 Å². The molecular formula is C16H22N2O2S. The molecule has 0 N–H and O–H groups in total. The van der Waals surface area contributed by atoms with E-state index in [4.69, 9.17) is 0 Å². The molecule has 0 aliphatic carbocycles. The fourth-order valence-electron chi connectivity index (χ4n) is 3.05. The molecule has 1 fully saturated rings. The summed E-state index contributed by atoms with van der Waals surface area (Å²) >= 11 is 0. The third-order valence-corrected chi connectivity index (χ3v) is 6.04. The van der Waals surface area contributed by atoms with E-state index in [1.54, 1.807) is 10.5 Å². The molecule has 0 spiro atoms. The SMILES string of the molecule is CC(C)c1cn(S(=O)(=O)N2CCCCC2)c2ccccc12. The van der Waals surface area contributed by atoms with E-state index in [2.05, 4.69) is 13.8 Å². The van der Waals surface area contributed by atoms with Gasteiger partial charge in [0.1, 0.15) is 0 Å². The summed E-state index contributed by atoms with van der Waals surface area (Å²) in [7, 11) is -3.45. The topological polar surface area (TPSA) is 42.3 Å². The molecule has 21 heavy (non-hydrogen) atoms. The fourth-order valence-corrected chi connectivity index (χ4v) is 4.67. The predicted octanol–water partition coefficient (Wildman–Crippen LogP) is 3.34. The van der Waals surface area contributed by atoms with Crippen molar-refractivity contribution in [2.45, 2.75) is 39.0 Å². The molecule has 3 rings (SSSR count). The van der Waals surface area contributed by atoms with Gasteiger partial charge in [0.15, 0.2) is 0 Å². The van der Waals surface area contributed by atoms with Gasteiger partial charge in [0.2, 0.25) is 0 Å². The predicted molar refractivity (Wildman–Crippen MR) is 85.8 cm³/mol. The number of piperidine rings is 1. The summed E-state index contributed by atoms with van der Waals surface area (Å²) in [6, 6.07) is 7.76. The highest BCUT2D eigenvalue weighted by molar-refractivity contribution is 7.87. The van der Waals surface area contributed by atoms with Crippen LogP contribution in [0.4, 0.5) is 0 Å². The number of hydrogen-bond donors (Lipinski definition) is 0. The van der Waals surface area contributed by atoms with Gasteiger partial charge < -0.3 is 0 Å². The zero-order valence-electron chi connectivity index (χ0n) is 12.6. The molecule has 1 aromatic carbocycles. The zero-order chi connectivity index (χ0) is 15.0. The minimum absolute atomic E-state index is 0.299. The molecule has 0 radical (unpaired) electrons. The highest BCUT2D eigenvalue weighted by atomic mass is 32.2. The molecule has 0 bridgehead atoms. The number of benzene rings is 1. The van der Waals surface area contributed by atoms with Gasteiger partial charge in [-0.05, 0) is 30.4 Å². The molecule has 1 aliphatic rings. The second kappa shape index (κ2) is 5.46. The number of aromatic nitrogens is 1. The quantitative estimate of drug-likeness (QED) is 0.873. The second-order valence-corrected chi connectivity index (χ2v) is 7.83. The second-order valence-electron chi connectivity index (χ2n) is 6.02. The molecule has 4 nitrogen and oxygen atoms in total. The molecule has 0 amide bonds. The van der Waals surface area contributed by atoms with Crippen molar-refractivity contribution in [1.82, 2.24) is 8.28 Å². The first-order valence-electron chi connectivity index (χ1n) is 7.62. The highest BCUT2D eigenvalue weighted by Gasteiger charge is 2.27. The Morgan fingerprint density at radius 1 is 1.05 bits per heavy atom. The van der Waals surface area contributed by atoms with Gasteiger partial charge in [-0.2, -0.15) is 12.7 Å². The Bertz CT molecular complexity index is 741. The van der Waals surface area contributed by atoms with E-state index in [1.165, 1.54) is 3.97 Å². The summed E-state index contributed by atoms with van der Waals surface area (Å²) in [6.45, 7) is 5.46. The Morgan fingerprint density at radius 2 is 1.71 bits per heavy atom. The number of fused-ring (bicyclic) bond motifs is 1. The summed E-state index contributed by atoms with van der Waals surface area (Å²) in [5.41, 5.74) is 1.87. The van der Waals surface area contributed by atoms with Gasteiger partial charge >= 0.3 is 10.2 Å². The Balaban J connectivity index is 2.15. The molecule has 1 aromatic heterocycles. The van der Waals surface area contributed by atoms with Crippen LogP contribution >= 0.6 is 0 Å². The van der Waals surface area contributed by atoms with Gasteiger partial charge in [0, 0.05) is 24.7 Å². The number of nitrogens with zero attached hydrogens (tertiary/aromatic N) is 2. The van der Waals surface area contributed by atoms with E-state index in [-0.39, 0.29) is 0 Å². The lowest BCUT2D eigenvalue weighted by Gasteiger charge is -2.26. The normalized spacial score (nSPS) is 17.7. The van der Waals surface area contributed by atoms with Crippen LogP contribution in [0.5, 0.6) is 0 Å². The van der Waals surface area contributed by atoms with Crippen molar-refractivity contribution in [1.29, 1.82) is 0 Å². The van der Waals surface area contributed by atoms with Crippen molar-refractivity contribution >= 4 is 21.1 Å².